The third kappa shape index (κ3) is 18.5. The van der Waals surface area contributed by atoms with Gasteiger partial charge >= 0.3 is 0 Å². The zero-order chi connectivity index (χ0) is 11.3. The van der Waals surface area contributed by atoms with Gasteiger partial charge in [-0.1, -0.05) is 33.6 Å². The van der Waals surface area contributed by atoms with E-state index in [2.05, 4.69) is 12.7 Å². The molecule has 0 aromatic carbocycles. The number of unbranched alkanes of at least 4 members (excludes halogenated alkanes) is 1. The Hall–Kier alpha value is -0.410. The SMILES string of the molecule is CC.CCCC[C@@H](N)C(C)=O.CN. The van der Waals surface area contributed by atoms with E-state index >= 15 is 0 Å². The topological polar surface area (TPSA) is 69.1 Å². The molecule has 0 bridgehead atoms. The molecule has 0 fully saturated rings. The molecule has 0 aliphatic heterocycles. The van der Waals surface area contributed by atoms with Crippen molar-refractivity contribution in [2.75, 3.05) is 7.05 Å². The van der Waals surface area contributed by atoms with Gasteiger partial charge in [-0.25, -0.2) is 0 Å². The highest BCUT2D eigenvalue weighted by molar-refractivity contribution is 5.80. The Balaban J connectivity index is -0.000000218. The molecule has 0 spiro atoms. The highest BCUT2D eigenvalue weighted by Gasteiger charge is 2.05. The summed E-state index contributed by atoms with van der Waals surface area (Å²) in [5, 5.41) is 0. The Morgan fingerprint density at radius 2 is 1.69 bits per heavy atom. The molecule has 82 valence electrons. The van der Waals surface area contributed by atoms with E-state index in [4.69, 9.17) is 5.73 Å². The van der Waals surface area contributed by atoms with E-state index in [0.717, 1.165) is 19.3 Å². The van der Waals surface area contributed by atoms with Crippen molar-refractivity contribution in [1.29, 1.82) is 0 Å². The molecule has 13 heavy (non-hydrogen) atoms. The molecule has 0 aromatic heterocycles. The van der Waals surface area contributed by atoms with Gasteiger partial charge in [0.1, 0.15) is 5.78 Å². The predicted molar refractivity (Wildman–Crippen MR) is 59.6 cm³/mol. The van der Waals surface area contributed by atoms with Crippen molar-refractivity contribution in [2.24, 2.45) is 11.5 Å². The molecular weight excluding hydrogens is 164 g/mol. The number of hydrogen-bond donors (Lipinski definition) is 2. The molecule has 0 saturated carbocycles. The molecule has 4 N–H and O–H groups in total. The zero-order valence-corrected chi connectivity index (χ0v) is 9.76. The summed E-state index contributed by atoms with van der Waals surface area (Å²) in [7, 11) is 1.50. The number of ketones is 1. The van der Waals surface area contributed by atoms with Crippen molar-refractivity contribution in [1.82, 2.24) is 0 Å². The highest BCUT2D eigenvalue weighted by atomic mass is 16.1. The van der Waals surface area contributed by atoms with Gasteiger partial charge in [-0.2, -0.15) is 0 Å². The maximum Gasteiger partial charge on any atom is 0.146 e. The van der Waals surface area contributed by atoms with Gasteiger partial charge in [0.15, 0.2) is 0 Å². The number of hydrogen-bond acceptors (Lipinski definition) is 3. The van der Waals surface area contributed by atoms with Gasteiger partial charge in [0.25, 0.3) is 0 Å². The molecule has 0 aromatic rings. The van der Waals surface area contributed by atoms with Crippen molar-refractivity contribution in [2.45, 2.75) is 53.0 Å². The van der Waals surface area contributed by atoms with Crippen LogP contribution in [0.2, 0.25) is 0 Å². The van der Waals surface area contributed by atoms with Crippen molar-refractivity contribution < 1.29 is 4.79 Å². The molecule has 0 radical (unpaired) electrons. The maximum absolute atomic E-state index is 10.5. The molecule has 0 saturated heterocycles. The van der Waals surface area contributed by atoms with Crippen molar-refractivity contribution in [3.8, 4) is 0 Å². The Labute approximate surface area is 82.9 Å². The number of nitrogens with two attached hydrogens (primary N) is 2. The van der Waals surface area contributed by atoms with Gasteiger partial charge in [0, 0.05) is 0 Å². The minimum atomic E-state index is -0.218. The third-order valence-electron chi connectivity index (χ3n) is 1.39. The van der Waals surface area contributed by atoms with Crippen molar-refractivity contribution >= 4 is 5.78 Å². The summed E-state index contributed by atoms with van der Waals surface area (Å²) < 4.78 is 0. The summed E-state index contributed by atoms with van der Waals surface area (Å²) in [4.78, 5) is 10.5. The molecule has 0 heterocycles. The largest absolute Gasteiger partial charge is 0.333 e. The van der Waals surface area contributed by atoms with Crippen LogP contribution in [-0.4, -0.2) is 18.9 Å². The molecule has 3 heteroatoms. The monoisotopic (exact) mass is 190 g/mol. The molecule has 0 rings (SSSR count). The average molecular weight is 190 g/mol. The molecular formula is C10H26N2O. The van der Waals surface area contributed by atoms with Crippen LogP contribution in [0.1, 0.15) is 47.0 Å². The van der Waals surface area contributed by atoms with Crippen LogP contribution >= 0.6 is 0 Å². The van der Waals surface area contributed by atoms with Gasteiger partial charge < -0.3 is 11.5 Å². The quantitative estimate of drug-likeness (QED) is 0.709. The van der Waals surface area contributed by atoms with E-state index in [0.29, 0.717) is 0 Å². The lowest BCUT2D eigenvalue weighted by Crippen LogP contribution is -2.27. The van der Waals surface area contributed by atoms with Gasteiger partial charge in [0.2, 0.25) is 0 Å². The van der Waals surface area contributed by atoms with E-state index < -0.39 is 0 Å². The van der Waals surface area contributed by atoms with Crippen LogP contribution in [0.3, 0.4) is 0 Å². The van der Waals surface area contributed by atoms with Crippen molar-refractivity contribution in [3.63, 3.8) is 0 Å². The minimum Gasteiger partial charge on any atom is -0.333 e. The van der Waals surface area contributed by atoms with Gasteiger partial charge in [-0.05, 0) is 20.4 Å². The number of carbonyl (C=O) groups excluding carboxylic acids is 1. The summed E-state index contributed by atoms with van der Waals surface area (Å²) in [5.74, 6) is 0.100. The summed E-state index contributed by atoms with van der Waals surface area (Å²) in [6.07, 6.45) is 3.01. The number of rotatable bonds is 4. The summed E-state index contributed by atoms with van der Waals surface area (Å²) in [6.45, 7) is 7.63. The Morgan fingerprint density at radius 3 is 1.92 bits per heavy atom. The second kappa shape index (κ2) is 17.6. The van der Waals surface area contributed by atoms with Crippen LogP contribution in [0.4, 0.5) is 0 Å². The van der Waals surface area contributed by atoms with Crippen molar-refractivity contribution in [3.05, 3.63) is 0 Å². The molecule has 1 atom stereocenters. The lowest BCUT2D eigenvalue weighted by Gasteiger charge is -2.04. The predicted octanol–water partition coefficient (Wildman–Crippen LogP) is 1.69. The van der Waals surface area contributed by atoms with E-state index in [1.54, 1.807) is 6.92 Å². The maximum atomic E-state index is 10.5. The first-order chi connectivity index (χ1) is 6.18. The van der Waals surface area contributed by atoms with Gasteiger partial charge in [-0.15, -0.1) is 0 Å². The van der Waals surface area contributed by atoms with Crippen LogP contribution in [-0.2, 0) is 4.79 Å². The van der Waals surface area contributed by atoms with Crippen LogP contribution in [0.15, 0.2) is 0 Å². The number of Topliss-reactive ketones (excluding diaryl/α,β-unsaturated/α-hetero) is 1. The normalized spacial score (nSPS) is 10.1. The van der Waals surface area contributed by atoms with Crippen LogP contribution in [0, 0.1) is 0 Å². The van der Waals surface area contributed by atoms with E-state index in [1.165, 1.54) is 7.05 Å². The second-order valence-electron chi connectivity index (χ2n) is 2.36. The first-order valence-electron chi connectivity index (χ1n) is 5.02. The van der Waals surface area contributed by atoms with E-state index in [1.807, 2.05) is 13.8 Å². The summed E-state index contributed by atoms with van der Waals surface area (Å²) >= 11 is 0. The average Bonchev–Trinajstić information content (AvgIpc) is 2.20. The fourth-order valence-electron chi connectivity index (χ4n) is 0.627. The summed E-state index contributed by atoms with van der Waals surface area (Å²) in [6, 6.07) is -0.218. The lowest BCUT2D eigenvalue weighted by molar-refractivity contribution is -0.118. The lowest BCUT2D eigenvalue weighted by atomic mass is 10.1. The van der Waals surface area contributed by atoms with E-state index in [-0.39, 0.29) is 11.8 Å². The van der Waals surface area contributed by atoms with Crippen LogP contribution < -0.4 is 11.5 Å². The summed E-state index contributed by atoms with van der Waals surface area (Å²) in [5.41, 5.74) is 9.95. The minimum absolute atomic E-state index is 0.100. The van der Waals surface area contributed by atoms with Crippen LogP contribution in [0.5, 0.6) is 0 Å². The third-order valence-corrected chi connectivity index (χ3v) is 1.39. The van der Waals surface area contributed by atoms with Gasteiger partial charge in [-0.3, -0.25) is 4.79 Å². The zero-order valence-electron chi connectivity index (χ0n) is 9.76. The second-order valence-corrected chi connectivity index (χ2v) is 2.36. The fourth-order valence-corrected chi connectivity index (χ4v) is 0.627. The number of carbonyl (C=O) groups is 1. The Bertz CT molecular complexity index is 94.9. The molecule has 0 amide bonds. The Morgan fingerprint density at radius 1 is 1.31 bits per heavy atom. The van der Waals surface area contributed by atoms with E-state index in [9.17, 15) is 4.79 Å². The first kappa shape index (κ1) is 18.4. The highest BCUT2D eigenvalue weighted by Crippen LogP contribution is 1.97. The smallest absolute Gasteiger partial charge is 0.146 e. The Kier molecular flexibility index (Phi) is 24.9. The molecule has 0 aliphatic rings. The standard InChI is InChI=1S/C7H15NO.C2H6.CH5N/c1-3-4-5-7(8)6(2)9;2*1-2/h7H,3-5,8H2,1-2H3;1-2H3;2H2,1H3/t7-;;/m1../s1. The van der Waals surface area contributed by atoms with Crippen LogP contribution in [0.25, 0.3) is 0 Å². The first-order valence-corrected chi connectivity index (χ1v) is 5.02. The molecule has 0 aliphatic carbocycles. The fraction of sp³-hybridized carbons (Fsp3) is 0.900. The van der Waals surface area contributed by atoms with Gasteiger partial charge in [0.05, 0.1) is 6.04 Å². The molecule has 3 nitrogen and oxygen atoms in total. The molecule has 0 unspecified atom stereocenters.